The number of carboxylic acids is 1. The van der Waals surface area contributed by atoms with Crippen LogP contribution in [0, 0.1) is 6.92 Å². The Labute approximate surface area is 126 Å². The zero-order valence-electron chi connectivity index (χ0n) is 12.2. The number of oxazole rings is 1. The van der Waals surface area contributed by atoms with Crippen molar-refractivity contribution in [2.45, 2.75) is 26.5 Å². The molecule has 0 aliphatic heterocycles. The van der Waals surface area contributed by atoms with E-state index >= 15 is 0 Å². The van der Waals surface area contributed by atoms with E-state index in [-0.39, 0.29) is 24.0 Å². The predicted octanol–water partition coefficient (Wildman–Crippen LogP) is 2.67. The molecule has 7 nitrogen and oxygen atoms in total. The Hall–Kier alpha value is -2.83. The van der Waals surface area contributed by atoms with Crippen LogP contribution in [0.5, 0.6) is 0 Å². The van der Waals surface area contributed by atoms with Crippen LogP contribution in [0.4, 0.5) is 4.79 Å². The highest BCUT2D eigenvalue weighted by molar-refractivity contribution is 5.85. The third-order valence-corrected chi connectivity index (χ3v) is 2.92. The Morgan fingerprint density at radius 1 is 1.36 bits per heavy atom. The largest absolute Gasteiger partial charge is 0.475 e. The SMILES string of the molecule is Cc1nc(C(C)NC(=O)OCc2ccccc2)oc1C(=O)O. The summed E-state index contributed by atoms with van der Waals surface area (Å²) in [5, 5.41) is 11.4. The molecule has 0 saturated carbocycles. The molecule has 1 aromatic heterocycles. The van der Waals surface area contributed by atoms with Gasteiger partial charge in [0.1, 0.15) is 12.6 Å². The van der Waals surface area contributed by atoms with Crippen molar-refractivity contribution in [1.29, 1.82) is 0 Å². The van der Waals surface area contributed by atoms with Gasteiger partial charge in [0.2, 0.25) is 11.7 Å². The van der Waals surface area contributed by atoms with E-state index in [1.54, 1.807) is 6.92 Å². The summed E-state index contributed by atoms with van der Waals surface area (Å²) >= 11 is 0. The molecule has 2 N–H and O–H groups in total. The third kappa shape index (κ3) is 3.85. The van der Waals surface area contributed by atoms with Crippen LogP contribution < -0.4 is 5.32 Å². The standard InChI is InChI=1S/C15H16N2O5/c1-9-12(14(18)19)22-13(16-9)10(2)17-15(20)21-8-11-6-4-3-5-7-11/h3-7,10H,8H2,1-2H3,(H,17,20)(H,18,19). The zero-order valence-corrected chi connectivity index (χ0v) is 12.2. The number of alkyl carbamates (subject to hydrolysis) is 1. The van der Waals surface area contributed by atoms with Crippen molar-refractivity contribution in [3.05, 3.63) is 53.2 Å². The maximum absolute atomic E-state index is 11.7. The number of amides is 1. The number of hydrogen-bond acceptors (Lipinski definition) is 5. The summed E-state index contributed by atoms with van der Waals surface area (Å²) in [6, 6.07) is 8.65. The van der Waals surface area contributed by atoms with Crippen molar-refractivity contribution >= 4 is 12.1 Å². The molecule has 1 amide bonds. The molecule has 7 heteroatoms. The van der Waals surface area contributed by atoms with Crippen LogP contribution in [0.1, 0.15) is 40.7 Å². The molecule has 0 saturated heterocycles. The van der Waals surface area contributed by atoms with E-state index in [9.17, 15) is 9.59 Å². The number of hydrogen-bond donors (Lipinski definition) is 2. The summed E-state index contributed by atoms with van der Waals surface area (Å²) in [5.41, 5.74) is 1.12. The minimum absolute atomic E-state index is 0.117. The molecule has 1 atom stereocenters. The fourth-order valence-corrected chi connectivity index (χ4v) is 1.80. The van der Waals surface area contributed by atoms with E-state index in [1.807, 2.05) is 30.3 Å². The van der Waals surface area contributed by atoms with E-state index in [0.29, 0.717) is 0 Å². The summed E-state index contributed by atoms with van der Waals surface area (Å²) in [6.07, 6.45) is -0.635. The average molecular weight is 304 g/mol. The summed E-state index contributed by atoms with van der Waals surface area (Å²) in [4.78, 5) is 26.6. The number of aromatic carboxylic acids is 1. The monoisotopic (exact) mass is 304 g/mol. The highest BCUT2D eigenvalue weighted by Gasteiger charge is 2.21. The summed E-state index contributed by atoms with van der Waals surface area (Å²) in [7, 11) is 0. The maximum atomic E-state index is 11.7. The first-order valence-corrected chi connectivity index (χ1v) is 6.65. The zero-order chi connectivity index (χ0) is 16.1. The van der Waals surface area contributed by atoms with Gasteiger partial charge >= 0.3 is 12.1 Å². The lowest BCUT2D eigenvalue weighted by molar-refractivity contribution is 0.0658. The van der Waals surface area contributed by atoms with E-state index < -0.39 is 18.1 Å². The fourth-order valence-electron chi connectivity index (χ4n) is 1.80. The molecule has 0 bridgehead atoms. The smallest absolute Gasteiger partial charge is 0.408 e. The van der Waals surface area contributed by atoms with E-state index in [4.69, 9.17) is 14.3 Å². The molecular weight excluding hydrogens is 288 g/mol. The summed E-state index contributed by atoms with van der Waals surface area (Å²) < 4.78 is 10.2. The Morgan fingerprint density at radius 3 is 2.64 bits per heavy atom. The molecule has 1 heterocycles. The molecule has 0 fully saturated rings. The number of aryl methyl sites for hydroxylation is 1. The topological polar surface area (TPSA) is 102 Å². The summed E-state index contributed by atoms with van der Waals surface area (Å²) in [6.45, 7) is 3.29. The number of nitrogens with zero attached hydrogens (tertiary/aromatic N) is 1. The molecule has 22 heavy (non-hydrogen) atoms. The highest BCUT2D eigenvalue weighted by atomic mass is 16.5. The Balaban J connectivity index is 1.91. The number of aromatic nitrogens is 1. The molecule has 0 aliphatic carbocycles. The molecule has 0 radical (unpaired) electrons. The number of benzene rings is 1. The normalized spacial score (nSPS) is 11.7. The first kappa shape index (κ1) is 15.6. The van der Waals surface area contributed by atoms with Gasteiger partial charge in [0.05, 0.1) is 5.69 Å². The second kappa shape index (κ2) is 6.75. The van der Waals surface area contributed by atoms with Crippen LogP contribution >= 0.6 is 0 Å². The molecule has 0 aliphatic rings. The second-order valence-corrected chi connectivity index (χ2v) is 4.70. The third-order valence-electron chi connectivity index (χ3n) is 2.92. The van der Waals surface area contributed by atoms with E-state index in [1.165, 1.54) is 6.92 Å². The van der Waals surface area contributed by atoms with Gasteiger partial charge in [-0.3, -0.25) is 0 Å². The van der Waals surface area contributed by atoms with Crippen molar-refractivity contribution < 1.29 is 23.8 Å². The van der Waals surface area contributed by atoms with Gasteiger partial charge in [0.25, 0.3) is 0 Å². The first-order chi connectivity index (χ1) is 10.5. The molecule has 1 unspecified atom stereocenters. The van der Waals surface area contributed by atoms with Gasteiger partial charge in [-0.05, 0) is 19.4 Å². The lowest BCUT2D eigenvalue weighted by atomic mass is 10.2. The molecular formula is C15H16N2O5. The Bertz CT molecular complexity index is 666. The van der Waals surface area contributed by atoms with Gasteiger partial charge in [0, 0.05) is 0 Å². The number of nitrogens with one attached hydrogen (secondary N) is 1. The van der Waals surface area contributed by atoms with Gasteiger partial charge in [-0.2, -0.15) is 0 Å². The van der Waals surface area contributed by atoms with Gasteiger partial charge in [-0.25, -0.2) is 14.6 Å². The van der Waals surface area contributed by atoms with Crippen LogP contribution in [-0.2, 0) is 11.3 Å². The number of rotatable bonds is 5. The lowest BCUT2D eigenvalue weighted by Crippen LogP contribution is -2.27. The van der Waals surface area contributed by atoms with Gasteiger partial charge in [-0.1, -0.05) is 30.3 Å². The fraction of sp³-hybridized carbons (Fsp3) is 0.267. The van der Waals surface area contributed by atoms with Gasteiger partial charge < -0.3 is 19.6 Å². The lowest BCUT2D eigenvalue weighted by Gasteiger charge is -2.11. The highest BCUT2D eigenvalue weighted by Crippen LogP contribution is 2.16. The summed E-state index contributed by atoms with van der Waals surface area (Å²) in [5.74, 6) is -1.32. The molecule has 2 rings (SSSR count). The van der Waals surface area contributed by atoms with Crippen molar-refractivity contribution in [1.82, 2.24) is 10.3 Å². The van der Waals surface area contributed by atoms with Crippen LogP contribution in [0.15, 0.2) is 34.7 Å². The number of carboxylic acid groups (broad SMARTS) is 1. The quantitative estimate of drug-likeness (QED) is 0.880. The van der Waals surface area contributed by atoms with Crippen LogP contribution in [-0.4, -0.2) is 22.2 Å². The van der Waals surface area contributed by atoms with E-state index in [2.05, 4.69) is 10.3 Å². The van der Waals surface area contributed by atoms with Crippen LogP contribution in [0.25, 0.3) is 0 Å². The van der Waals surface area contributed by atoms with Gasteiger partial charge in [-0.15, -0.1) is 0 Å². The van der Waals surface area contributed by atoms with Crippen molar-refractivity contribution in [3.8, 4) is 0 Å². The van der Waals surface area contributed by atoms with Crippen molar-refractivity contribution in [2.75, 3.05) is 0 Å². The molecule has 0 spiro atoms. The minimum Gasteiger partial charge on any atom is -0.475 e. The number of ether oxygens (including phenoxy) is 1. The van der Waals surface area contributed by atoms with Crippen molar-refractivity contribution in [2.24, 2.45) is 0 Å². The molecule has 116 valence electrons. The number of carbonyl (C=O) groups excluding carboxylic acids is 1. The predicted molar refractivity (Wildman–Crippen MR) is 76.4 cm³/mol. The number of carbonyl (C=O) groups is 2. The van der Waals surface area contributed by atoms with Crippen molar-refractivity contribution in [3.63, 3.8) is 0 Å². The Kier molecular flexibility index (Phi) is 4.77. The van der Waals surface area contributed by atoms with Crippen LogP contribution in [0.2, 0.25) is 0 Å². The maximum Gasteiger partial charge on any atom is 0.408 e. The average Bonchev–Trinajstić information content (AvgIpc) is 2.88. The van der Waals surface area contributed by atoms with Crippen LogP contribution in [0.3, 0.4) is 0 Å². The second-order valence-electron chi connectivity index (χ2n) is 4.70. The van der Waals surface area contributed by atoms with E-state index in [0.717, 1.165) is 5.56 Å². The first-order valence-electron chi connectivity index (χ1n) is 6.65. The Morgan fingerprint density at radius 2 is 2.05 bits per heavy atom. The minimum atomic E-state index is -1.20. The molecule has 1 aromatic carbocycles. The van der Waals surface area contributed by atoms with Gasteiger partial charge in [0.15, 0.2) is 0 Å². The molecule has 2 aromatic rings.